The van der Waals surface area contributed by atoms with Crippen LogP contribution in [-0.2, 0) is 11.2 Å². The molecule has 0 spiro atoms. The SMILES string of the molecule is COc1cncc2c1C1(O)C(O)CC(c3ccccc3)C1(c1ccc(C#N)cc1)O2. The van der Waals surface area contributed by atoms with Gasteiger partial charge in [0.05, 0.1) is 42.8 Å². The van der Waals surface area contributed by atoms with Gasteiger partial charge >= 0.3 is 0 Å². The highest BCUT2D eigenvalue weighted by Crippen LogP contribution is 2.67. The number of hydrogen-bond donors (Lipinski definition) is 2. The lowest BCUT2D eigenvalue weighted by atomic mass is 9.71. The van der Waals surface area contributed by atoms with Gasteiger partial charge in [0, 0.05) is 5.92 Å². The molecular weight excluding hydrogens is 380 g/mol. The molecule has 30 heavy (non-hydrogen) atoms. The number of pyridine rings is 1. The van der Waals surface area contributed by atoms with E-state index in [0.29, 0.717) is 34.6 Å². The fraction of sp³-hybridized carbons (Fsp3) is 0.250. The second-order valence-corrected chi connectivity index (χ2v) is 7.72. The van der Waals surface area contributed by atoms with Crippen LogP contribution >= 0.6 is 0 Å². The maximum Gasteiger partial charge on any atom is 0.176 e. The molecule has 1 aliphatic heterocycles. The Morgan fingerprint density at radius 3 is 2.53 bits per heavy atom. The highest BCUT2D eigenvalue weighted by atomic mass is 16.5. The maximum atomic E-state index is 12.2. The van der Waals surface area contributed by atoms with Crippen LogP contribution in [0.1, 0.15) is 34.6 Å². The Morgan fingerprint density at radius 1 is 1.13 bits per heavy atom. The summed E-state index contributed by atoms with van der Waals surface area (Å²) < 4.78 is 12.0. The largest absolute Gasteiger partial charge is 0.495 e. The van der Waals surface area contributed by atoms with Crippen LogP contribution < -0.4 is 9.47 Å². The van der Waals surface area contributed by atoms with Gasteiger partial charge < -0.3 is 19.7 Å². The van der Waals surface area contributed by atoms with Gasteiger partial charge in [-0.05, 0) is 29.7 Å². The molecular formula is C24H20N2O4. The third kappa shape index (κ3) is 2.22. The summed E-state index contributed by atoms with van der Waals surface area (Å²) in [6.45, 7) is 0. The van der Waals surface area contributed by atoms with E-state index in [4.69, 9.17) is 9.47 Å². The van der Waals surface area contributed by atoms with E-state index in [0.717, 1.165) is 5.56 Å². The predicted molar refractivity (Wildman–Crippen MR) is 108 cm³/mol. The second-order valence-electron chi connectivity index (χ2n) is 7.72. The molecule has 6 heteroatoms. The molecule has 0 saturated heterocycles. The molecule has 150 valence electrons. The summed E-state index contributed by atoms with van der Waals surface area (Å²) in [5, 5.41) is 32.6. The van der Waals surface area contributed by atoms with Crippen molar-refractivity contribution in [2.45, 2.75) is 29.6 Å². The minimum atomic E-state index is -1.76. The van der Waals surface area contributed by atoms with Crippen molar-refractivity contribution in [3.05, 3.63) is 89.2 Å². The molecule has 0 radical (unpaired) electrons. The molecule has 4 atom stereocenters. The third-order valence-corrected chi connectivity index (χ3v) is 6.39. The molecule has 6 nitrogen and oxygen atoms in total. The highest BCUT2D eigenvalue weighted by molar-refractivity contribution is 5.58. The van der Waals surface area contributed by atoms with Gasteiger partial charge in [-0.3, -0.25) is 4.98 Å². The molecule has 2 aliphatic rings. The first kappa shape index (κ1) is 18.6. The van der Waals surface area contributed by atoms with Crippen molar-refractivity contribution in [3.63, 3.8) is 0 Å². The molecule has 1 fully saturated rings. The Morgan fingerprint density at radius 2 is 1.87 bits per heavy atom. The van der Waals surface area contributed by atoms with Crippen molar-refractivity contribution in [1.82, 2.24) is 4.98 Å². The number of aliphatic hydroxyl groups excluding tert-OH is 1. The lowest BCUT2D eigenvalue weighted by molar-refractivity contribution is -0.150. The quantitative estimate of drug-likeness (QED) is 0.702. The molecule has 4 unspecified atom stereocenters. The van der Waals surface area contributed by atoms with E-state index in [1.165, 1.54) is 19.5 Å². The Kier molecular flexibility index (Phi) is 4.07. The predicted octanol–water partition coefficient (Wildman–Crippen LogP) is 2.99. The zero-order chi connectivity index (χ0) is 20.9. The summed E-state index contributed by atoms with van der Waals surface area (Å²) in [4.78, 5) is 4.17. The number of methoxy groups -OCH3 is 1. The first-order valence-corrected chi connectivity index (χ1v) is 9.73. The summed E-state index contributed by atoms with van der Waals surface area (Å²) >= 11 is 0. The summed E-state index contributed by atoms with van der Waals surface area (Å²) in [6, 6.07) is 18.8. The Hall–Kier alpha value is -3.40. The number of aliphatic hydroxyl groups is 2. The molecule has 5 rings (SSSR count). The molecule has 1 aliphatic carbocycles. The number of nitriles is 1. The van der Waals surface area contributed by atoms with Crippen molar-refractivity contribution in [3.8, 4) is 17.6 Å². The van der Waals surface area contributed by atoms with E-state index in [-0.39, 0.29) is 5.92 Å². The zero-order valence-corrected chi connectivity index (χ0v) is 16.3. The highest BCUT2D eigenvalue weighted by Gasteiger charge is 2.73. The Bertz CT molecular complexity index is 1140. The molecule has 2 heterocycles. The zero-order valence-electron chi connectivity index (χ0n) is 16.3. The average molecular weight is 400 g/mol. The number of hydrogen-bond acceptors (Lipinski definition) is 6. The molecule has 2 aromatic carbocycles. The van der Waals surface area contributed by atoms with Gasteiger partial charge in [0.1, 0.15) is 11.5 Å². The van der Waals surface area contributed by atoms with Crippen molar-refractivity contribution in [2.24, 2.45) is 0 Å². The molecule has 0 bridgehead atoms. The van der Waals surface area contributed by atoms with Crippen molar-refractivity contribution in [1.29, 1.82) is 5.26 Å². The van der Waals surface area contributed by atoms with E-state index in [1.807, 2.05) is 30.3 Å². The van der Waals surface area contributed by atoms with E-state index in [2.05, 4.69) is 11.1 Å². The van der Waals surface area contributed by atoms with Gasteiger partial charge in [-0.15, -0.1) is 0 Å². The molecule has 0 amide bonds. The molecule has 1 aromatic heterocycles. The van der Waals surface area contributed by atoms with Crippen LogP contribution in [0.5, 0.6) is 11.5 Å². The van der Waals surface area contributed by atoms with Gasteiger partial charge in [0.15, 0.2) is 11.2 Å². The van der Waals surface area contributed by atoms with Gasteiger partial charge in [-0.2, -0.15) is 5.26 Å². The van der Waals surface area contributed by atoms with Crippen molar-refractivity contribution in [2.75, 3.05) is 7.11 Å². The minimum absolute atomic E-state index is 0.297. The number of fused-ring (bicyclic) bond motifs is 3. The number of rotatable bonds is 3. The summed E-state index contributed by atoms with van der Waals surface area (Å²) in [5.41, 5.74) is -0.547. The lowest BCUT2D eigenvalue weighted by Crippen LogP contribution is -2.52. The fourth-order valence-corrected chi connectivity index (χ4v) is 5.11. The van der Waals surface area contributed by atoms with E-state index >= 15 is 0 Å². The van der Waals surface area contributed by atoms with E-state index in [1.54, 1.807) is 24.3 Å². The van der Waals surface area contributed by atoms with Crippen molar-refractivity contribution >= 4 is 0 Å². The normalized spacial score (nSPS) is 28.9. The van der Waals surface area contributed by atoms with Crippen LogP contribution in [-0.4, -0.2) is 28.4 Å². The van der Waals surface area contributed by atoms with Gasteiger partial charge in [0.25, 0.3) is 0 Å². The number of benzene rings is 2. The van der Waals surface area contributed by atoms with Gasteiger partial charge in [-0.25, -0.2) is 0 Å². The Labute approximate surface area is 174 Å². The fourth-order valence-electron chi connectivity index (χ4n) is 5.11. The van der Waals surface area contributed by atoms with Gasteiger partial charge in [0.2, 0.25) is 0 Å². The number of nitrogens with zero attached hydrogens (tertiary/aromatic N) is 2. The van der Waals surface area contributed by atoms with Crippen LogP contribution in [0.25, 0.3) is 0 Å². The maximum absolute atomic E-state index is 12.2. The van der Waals surface area contributed by atoms with E-state index < -0.39 is 17.3 Å². The molecule has 1 saturated carbocycles. The third-order valence-electron chi connectivity index (χ3n) is 6.39. The van der Waals surface area contributed by atoms with Crippen LogP contribution in [0.15, 0.2) is 67.0 Å². The van der Waals surface area contributed by atoms with Crippen molar-refractivity contribution < 1.29 is 19.7 Å². The summed E-state index contributed by atoms with van der Waals surface area (Å²) in [5.74, 6) is 0.392. The first-order chi connectivity index (χ1) is 14.6. The monoisotopic (exact) mass is 400 g/mol. The van der Waals surface area contributed by atoms with E-state index in [9.17, 15) is 15.5 Å². The van der Waals surface area contributed by atoms with Crippen LogP contribution in [0.2, 0.25) is 0 Å². The summed E-state index contributed by atoms with van der Waals surface area (Å²) in [7, 11) is 1.50. The first-order valence-electron chi connectivity index (χ1n) is 9.73. The second kappa shape index (κ2) is 6.56. The van der Waals surface area contributed by atoms with Crippen LogP contribution in [0, 0.1) is 11.3 Å². The average Bonchev–Trinajstić information content (AvgIpc) is 3.20. The number of aromatic nitrogens is 1. The number of ether oxygens (including phenoxy) is 2. The van der Waals surface area contributed by atoms with Crippen LogP contribution in [0.4, 0.5) is 0 Å². The molecule has 2 N–H and O–H groups in total. The smallest absolute Gasteiger partial charge is 0.176 e. The summed E-state index contributed by atoms with van der Waals surface area (Å²) in [6.07, 6.45) is 2.24. The Balaban J connectivity index is 1.81. The lowest BCUT2D eigenvalue weighted by Gasteiger charge is -2.40. The molecule has 3 aromatic rings. The van der Waals surface area contributed by atoms with Gasteiger partial charge in [-0.1, -0.05) is 42.5 Å². The minimum Gasteiger partial charge on any atom is -0.495 e. The standard InChI is InChI=1S/C24H20N2O4/c1-29-19-13-26-14-20-22(19)23(28)21(27)11-18(16-5-3-2-4-6-16)24(23,30-20)17-9-7-15(12-25)8-10-17/h2-10,13-14,18,21,27-28H,11H2,1H3. The van der Waals surface area contributed by atoms with Crippen LogP contribution in [0.3, 0.4) is 0 Å². The topological polar surface area (TPSA) is 95.6 Å².